The molecule has 1 unspecified atom stereocenters. The van der Waals surface area contributed by atoms with E-state index in [1.54, 1.807) is 12.3 Å². The molecule has 3 heteroatoms. The number of hydrogen-bond acceptors (Lipinski definition) is 2. The fraction of sp³-hybridized carbons (Fsp3) is 0.389. The molecule has 0 saturated carbocycles. The van der Waals surface area contributed by atoms with Crippen molar-refractivity contribution in [3.05, 3.63) is 65.7 Å². The van der Waals surface area contributed by atoms with Crippen LogP contribution in [0.4, 0.5) is 4.39 Å². The van der Waals surface area contributed by atoms with Crippen molar-refractivity contribution in [2.24, 2.45) is 5.92 Å². The van der Waals surface area contributed by atoms with Gasteiger partial charge in [-0.2, -0.15) is 0 Å². The summed E-state index contributed by atoms with van der Waals surface area (Å²) in [5, 5.41) is 3.50. The molecule has 0 saturated heterocycles. The highest BCUT2D eigenvalue weighted by molar-refractivity contribution is 5.23. The number of nitrogens with one attached hydrogen (secondary N) is 1. The summed E-state index contributed by atoms with van der Waals surface area (Å²) < 4.78 is 13.3. The van der Waals surface area contributed by atoms with E-state index < -0.39 is 0 Å². The van der Waals surface area contributed by atoms with E-state index in [0.29, 0.717) is 11.8 Å². The van der Waals surface area contributed by atoms with Crippen LogP contribution in [0.1, 0.15) is 30.9 Å². The zero-order valence-electron chi connectivity index (χ0n) is 12.7. The number of aromatic nitrogens is 1. The first-order valence-corrected chi connectivity index (χ1v) is 7.50. The summed E-state index contributed by atoms with van der Waals surface area (Å²) in [5.41, 5.74) is 2.22. The lowest BCUT2D eigenvalue weighted by atomic mass is 9.92. The first kappa shape index (κ1) is 15.6. The normalized spacial score (nSPS) is 12.6. The minimum atomic E-state index is -0.269. The van der Waals surface area contributed by atoms with Crippen LogP contribution in [0.3, 0.4) is 0 Å². The van der Waals surface area contributed by atoms with Gasteiger partial charge < -0.3 is 5.32 Å². The van der Waals surface area contributed by atoms with Crippen LogP contribution in [0.2, 0.25) is 0 Å². The van der Waals surface area contributed by atoms with Crippen LogP contribution in [0.5, 0.6) is 0 Å². The second-order valence-electron chi connectivity index (χ2n) is 5.88. The zero-order chi connectivity index (χ0) is 15.1. The quantitative estimate of drug-likeness (QED) is 0.837. The van der Waals surface area contributed by atoms with Crippen LogP contribution in [-0.2, 0) is 6.42 Å². The van der Waals surface area contributed by atoms with E-state index in [1.165, 1.54) is 11.8 Å². The third kappa shape index (κ3) is 5.27. The molecule has 2 nitrogen and oxygen atoms in total. The minimum absolute atomic E-state index is 0.269. The monoisotopic (exact) mass is 286 g/mol. The van der Waals surface area contributed by atoms with Crippen molar-refractivity contribution in [2.45, 2.75) is 26.2 Å². The van der Waals surface area contributed by atoms with Crippen molar-refractivity contribution in [3.8, 4) is 0 Å². The van der Waals surface area contributed by atoms with Gasteiger partial charge in [-0.05, 0) is 36.1 Å². The molecule has 2 aromatic rings. The van der Waals surface area contributed by atoms with Crippen molar-refractivity contribution in [1.29, 1.82) is 0 Å². The molecule has 0 fully saturated rings. The van der Waals surface area contributed by atoms with Crippen LogP contribution >= 0.6 is 0 Å². The van der Waals surface area contributed by atoms with Crippen molar-refractivity contribution in [2.75, 3.05) is 13.1 Å². The van der Waals surface area contributed by atoms with Crippen LogP contribution in [0.15, 0.2) is 48.8 Å². The Kier molecular flexibility index (Phi) is 5.88. The fourth-order valence-corrected chi connectivity index (χ4v) is 2.43. The Morgan fingerprint density at radius 1 is 1.10 bits per heavy atom. The molecule has 0 aliphatic heterocycles. The Morgan fingerprint density at radius 2 is 1.86 bits per heavy atom. The van der Waals surface area contributed by atoms with Crippen molar-refractivity contribution in [3.63, 3.8) is 0 Å². The van der Waals surface area contributed by atoms with Gasteiger partial charge in [0.25, 0.3) is 0 Å². The summed E-state index contributed by atoms with van der Waals surface area (Å²) in [4.78, 5) is 3.94. The summed E-state index contributed by atoms with van der Waals surface area (Å²) >= 11 is 0. The number of benzene rings is 1. The summed E-state index contributed by atoms with van der Waals surface area (Å²) in [6.07, 6.45) is 3.79. The molecular weight excluding hydrogens is 263 g/mol. The van der Waals surface area contributed by atoms with Crippen LogP contribution < -0.4 is 5.32 Å². The molecule has 0 aliphatic rings. The Labute approximate surface area is 126 Å². The summed E-state index contributed by atoms with van der Waals surface area (Å²) in [6, 6.07) is 12.0. The zero-order valence-corrected chi connectivity index (χ0v) is 12.7. The standard InChI is InChI=1S/C18H23FN2/c1-14(2)10-20-12-17(16-6-4-3-5-7-16)8-15-9-18(19)13-21-11-15/h3-7,9,11,13-14,17,20H,8,10,12H2,1-2H3. The van der Waals surface area contributed by atoms with E-state index >= 15 is 0 Å². The average molecular weight is 286 g/mol. The van der Waals surface area contributed by atoms with Gasteiger partial charge in [0.2, 0.25) is 0 Å². The molecule has 1 N–H and O–H groups in total. The van der Waals surface area contributed by atoms with E-state index in [4.69, 9.17) is 0 Å². The van der Waals surface area contributed by atoms with Gasteiger partial charge >= 0.3 is 0 Å². The van der Waals surface area contributed by atoms with Gasteiger partial charge in [-0.3, -0.25) is 4.98 Å². The average Bonchev–Trinajstić information content (AvgIpc) is 2.47. The maximum absolute atomic E-state index is 13.3. The number of nitrogens with zero attached hydrogens (tertiary/aromatic N) is 1. The third-order valence-corrected chi connectivity index (χ3v) is 3.46. The van der Waals surface area contributed by atoms with Gasteiger partial charge in [0.1, 0.15) is 5.82 Å². The highest BCUT2D eigenvalue weighted by Crippen LogP contribution is 2.20. The van der Waals surface area contributed by atoms with Gasteiger partial charge in [0.15, 0.2) is 0 Å². The van der Waals surface area contributed by atoms with Gasteiger partial charge in [0.05, 0.1) is 6.20 Å². The lowest BCUT2D eigenvalue weighted by molar-refractivity contribution is 0.513. The molecule has 21 heavy (non-hydrogen) atoms. The van der Waals surface area contributed by atoms with Gasteiger partial charge in [0, 0.05) is 18.7 Å². The summed E-state index contributed by atoms with van der Waals surface area (Å²) in [6.45, 7) is 6.27. The number of halogens is 1. The molecule has 1 aromatic carbocycles. The molecule has 1 aromatic heterocycles. The van der Waals surface area contributed by atoms with Gasteiger partial charge in [-0.25, -0.2) is 4.39 Å². The molecule has 1 heterocycles. The SMILES string of the molecule is CC(C)CNCC(Cc1cncc(F)c1)c1ccccc1. The molecule has 0 aliphatic carbocycles. The van der Waals surface area contributed by atoms with E-state index in [-0.39, 0.29) is 5.82 Å². The topological polar surface area (TPSA) is 24.9 Å². The fourth-order valence-electron chi connectivity index (χ4n) is 2.43. The molecule has 0 bridgehead atoms. The molecular formula is C18H23FN2. The Morgan fingerprint density at radius 3 is 2.52 bits per heavy atom. The summed E-state index contributed by atoms with van der Waals surface area (Å²) in [7, 11) is 0. The second kappa shape index (κ2) is 7.89. The lowest BCUT2D eigenvalue weighted by Gasteiger charge is -2.19. The van der Waals surface area contributed by atoms with E-state index in [0.717, 1.165) is 25.1 Å². The number of rotatable bonds is 7. The van der Waals surface area contributed by atoms with Gasteiger partial charge in [-0.15, -0.1) is 0 Å². The first-order chi connectivity index (χ1) is 10.1. The molecule has 112 valence electrons. The van der Waals surface area contributed by atoms with Gasteiger partial charge in [-0.1, -0.05) is 44.2 Å². The highest BCUT2D eigenvalue weighted by Gasteiger charge is 2.13. The van der Waals surface area contributed by atoms with Crippen LogP contribution in [0.25, 0.3) is 0 Å². The van der Waals surface area contributed by atoms with Crippen molar-refractivity contribution < 1.29 is 4.39 Å². The smallest absolute Gasteiger partial charge is 0.141 e. The predicted octanol–water partition coefficient (Wildman–Crippen LogP) is 3.79. The minimum Gasteiger partial charge on any atom is -0.316 e. The Balaban J connectivity index is 2.08. The number of hydrogen-bond donors (Lipinski definition) is 1. The number of pyridine rings is 1. The third-order valence-electron chi connectivity index (χ3n) is 3.46. The predicted molar refractivity (Wildman–Crippen MR) is 84.8 cm³/mol. The highest BCUT2D eigenvalue weighted by atomic mass is 19.1. The lowest BCUT2D eigenvalue weighted by Crippen LogP contribution is -2.26. The van der Waals surface area contributed by atoms with Crippen LogP contribution in [0, 0.1) is 11.7 Å². The molecule has 1 atom stereocenters. The van der Waals surface area contributed by atoms with E-state index in [1.807, 2.05) is 6.07 Å². The molecule has 2 rings (SSSR count). The van der Waals surface area contributed by atoms with Crippen molar-refractivity contribution >= 4 is 0 Å². The Hall–Kier alpha value is -1.74. The largest absolute Gasteiger partial charge is 0.316 e. The molecule has 0 amide bonds. The van der Waals surface area contributed by atoms with E-state index in [2.05, 4.69) is 48.4 Å². The second-order valence-corrected chi connectivity index (χ2v) is 5.88. The first-order valence-electron chi connectivity index (χ1n) is 7.50. The maximum Gasteiger partial charge on any atom is 0.141 e. The summed E-state index contributed by atoms with van der Waals surface area (Å²) in [5.74, 6) is 0.681. The Bertz CT molecular complexity index is 540. The van der Waals surface area contributed by atoms with E-state index in [9.17, 15) is 4.39 Å². The van der Waals surface area contributed by atoms with Crippen molar-refractivity contribution in [1.82, 2.24) is 10.3 Å². The molecule has 0 radical (unpaired) electrons. The van der Waals surface area contributed by atoms with Crippen LogP contribution in [-0.4, -0.2) is 18.1 Å². The maximum atomic E-state index is 13.3. The molecule has 0 spiro atoms.